The Morgan fingerprint density at radius 3 is 2.44 bits per heavy atom. The molecule has 1 aromatic heterocycles. The van der Waals surface area contributed by atoms with Crippen molar-refractivity contribution in [3.63, 3.8) is 0 Å². The van der Waals surface area contributed by atoms with E-state index in [4.69, 9.17) is 0 Å². The van der Waals surface area contributed by atoms with E-state index in [9.17, 15) is 18.0 Å². The van der Waals surface area contributed by atoms with Gasteiger partial charge in [0.05, 0.1) is 5.69 Å². The average Bonchev–Trinajstić information content (AvgIpc) is 2.69. The second-order valence-corrected chi connectivity index (χ2v) is 3.69. The largest absolute Gasteiger partial charge is 0.293 e. The summed E-state index contributed by atoms with van der Waals surface area (Å²) in [5, 5.41) is 7.12. The standard InChI is InChI=1S/C11H8F3N3O/c1-5-11(6(2)18)15-16-17(5)8-4-3-7(12)9(13)10(8)14/h3-4H,1-2H3. The van der Waals surface area contributed by atoms with Crippen LogP contribution >= 0.6 is 0 Å². The van der Waals surface area contributed by atoms with Crippen molar-refractivity contribution in [1.29, 1.82) is 0 Å². The first-order chi connectivity index (χ1) is 8.43. The number of nitrogens with zero attached hydrogens (tertiary/aromatic N) is 3. The molecule has 0 saturated carbocycles. The van der Waals surface area contributed by atoms with E-state index in [0.717, 1.165) is 16.8 Å². The molecule has 4 nitrogen and oxygen atoms in total. The summed E-state index contributed by atoms with van der Waals surface area (Å²) >= 11 is 0. The number of ketones is 1. The SMILES string of the molecule is CC(=O)c1nnn(-c2ccc(F)c(F)c2F)c1C. The van der Waals surface area contributed by atoms with E-state index in [-0.39, 0.29) is 22.9 Å². The van der Waals surface area contributed by atoms with Gasteiger partial charge in [0.2, 0.25) is 0 Å². The number of carbonyl (C=O) groups is 1. The molecular weight excluding hydrogens is 247 g/mol. The first-order valence-electron chi connectivity index (χ1n) is 5.00. The van der Waals surface area contributed by atoms with Gasteiger partial charge in [-0.2, -0.15) is 0 Å². The molecule has 0 atom stereocenters. The first-order valence-corrected chi connectivity index (χ1v) is 5.00. The van der Waals surface area contributed by atoms with Crippen LogP contribution in [-0.2, 0) is 0 Å². The van der Waals surface area contributed by atoms with E-state index in [1.54, 1.807) is 0 Å². The number of hydrogen-bond acceptors (Lipinski definition) is 3. The summed E-state index contributed by atoms with van der Waals surface area (Å²) < 4.78 is 40.4. The summed E-state index contributed by atoms with van der Waals surface area (Å²) in [5.41, 5.74) is 0.0120. The average molecular weight is 255 g/mol. The molecule has 0 fully saturated rings. The van der Waals surface area contributed by atoms with Crippen LogP contribution in [0.5, 0.6) is 0 Å². The molecule has 0 aliphatic heterocycles. The molecule has 1 aromatic carbocycles. The van der Waals surface area contributed by atoms with E-state index < -0.39 is 17.5 Å². The van der Waals surface area contributed by atoms with Crippen molar-refractivity contribution in [1.82, 2.24) is 15.0 Å². The molecule has 0 aliphatic carbocycles. The summed E-state index contributed by atoms with van der Waals surface area (Å²) in [7, 11) is 0. The predicted molar refractivity (Wildman–Crippen MR) is 56.0 cm³/mol. The van der Waals surface area contributed by atoms with Crippen molar-refractivity contribution in [3.8, 4) is 5.69 Å². The van der Waals surface area contributed by atoms with Crippen molar-refractivity contribution in [2.45, 2.75) is 13.8 Å². The smallest absolute Gasteiger partial charge is 0.196 e. The number of carbonyl (C=O) groups excluding carboxylic acids is 1. The zero-order valence-corrected chi connectivity index (χ0v) is 9.54. The summed E-state index contributed by atoms with van der Waals surface area (Å²) in [6, 6.07) is 1.81. The monoisotopic (exact) mass is 255 g/mol. The molecule has 1 heterocycles. The fourth-order valence-electron chi connectivity index (χ4n) is 1.56. The number of benzene rings is 1. The molecule has 2 aromatic rings. The quantitative estimate of drug-likeness (QED) is 0.610. The lowest BCUT2D eigenvalue weighted by molar-refractivity contribution is 0.101. The fraction of sp³-hybridized carbons (Fsp3) is 0.182. The zero-order valence-electron chi connectivity index (χ0n) is 9.54. The Bertz CT molecular complexity index is 637. The highest BCUT2D eigenvalue weighted by Gasteiger charge is 2.19. The Hall–Kier alpha value is -2.18. The maximum atomic E-state index is 13.6. The maximum absolute atomic E-state index is 13.6. The molecule has 0 spiro atoms. The highest BCUT2D eigenvalue weighted by Crippen LogP contribution is 2.20. The van der Waals surface area contributed by atoms with E-state index >= 15 is 0 Å². The number of Topliss-reactive ketones (excluding diaryl/α,β-unsaturated/α-hetero) is 1. The van der Waals surface area contributed by atoms with Gasteiger partial charge >= 0.3 is 0 Å². The summed E-state index contributed by atoms with van der Waals surface area (Å²) in [4.78, 5) is 11.2. The number of hydrogen-bond donors (Lipinski definition) is 0. The van der Waals surface area contributed by atoms with Crippen LogP contribution in [0.2, 0.25) is 0 Å². The van der Waals surface area contributed by atoms with Gasteiger partial charge in [-0.1, -0.05) is 5.21 Å². The molecular formula is C11H8F3N3O. The van der Waals surface area contributed by atoms with Crippen molar-refractivity contribution < 1.29 is 18.0 Å². The molecule has 2 rings (SSSR count). The third kappa shape index (κ3) is 1.77. The Labute approximate surface area is 100 Å². The Balaban J connectivity index is 2.63. The third-order valence-electron chi connectivity index (χ3n) is 2.47. The van der Waals surface area contributed by atoms with Crippen LogP contribution in [0.1, 0.15) is 23.1 Å². The van der Waals surface area contributed by atoms with E-state index in [0.29, 0.717) is 0 Å². The van der Waals surface area contributed by atoms with Crippen LogP contribution in [0.4, 0.5) is 13.2 Å². The van der Waals surface area contributed by atoms with Gasteiger partial charge in [0.1, 0.15) is 5.69 Å². The Kier molecular flexibility index (Phi) is 2.90. The van der Waals surface area contributed by atoms with Gasteiger partial charge in [-0.05, 0) is 19.1 Å². The van der Waals surface area contributed by atoms with Crippen LogP contribution in [-0.4, -0.2) is 20.8 Å². The lowest BCUT2D eigenvalue weighted by atomic mass is 10.2. The second-order valence-electron chi connectivity index (χ2n) is 3.69. The van der Waals surface area contributed by atoms with E-state index in [1.807, 2.05) is 0 Å². The van der Waals surface area contributed by atoms with Gasteiger partial charge in [-0.3, -0.25) is 4.79 Å². The molecule has 0 radical (unpaired) electrons. The van der Waals surface area contributed by atoms with Gasteiger partial charge in [-0.15, -0.1) is 5.10 Å². The predicted octanol–water partition coefficient (Wildman–Crippen LogP) is 2.20. The van der Waals surface area contributed by atoms with E-state index in [2.05, 4.69) is 10.3 Å². The molecule has 0 saturated heterocycles. The molecule has 7 heteroatoms. The minimum Gasteiger partial charge on any atom is -0.293 e. The molecule has 94 valence electrons. The molecule has 0 bridgehead atoms. The van der Waals surface area contributed by atoms with E-state index in [1.165, 1.54) is 13.8 Å². The van der Waals surface area contributed by atoms with Gasteiger partial charge in [0.25, 0.3) is 0 Å². The molecule has 0 unspecified atom stereocenters. The van der Waals surface area contributed by atoms with Crippen molar-refractivity contribution >= 4 is 5.78 Å². The van der Waals surface area contributed by atoms with Gasteiger partial charge in [0, 0.05) is 6.92 Å². The van der Waals surface area contributed by atoms with Gasteiger partial charge < -0.3 is 0 Å². The van der Waals surface area contributed by atoms with Crippen LogP contribution in [0.15, 0.2) is 12.1 Å². The minimum atomic E-state index is -1.59. The Morgan fingerprint density at radius 2 is 1.89 bits per heavy atom. The first kappa shape index (κ1) is 12.3. The minimum absolute atomic E-state index is 0.0548. The molecule has 0 amide bonds. The van der Waals surface area contributed by atoms with Crippen molar-refractivity contribution in [2.75, 3.05) is 0 Å². The summed E-state index contributed by atoms with van der Waals surface area (Å²) in [6.45, 7) is 2.76. The lowest BCUT2D eigenvalue weighted by Gasteiger charge is -2.05. The van der Waals surface area contributed by atoms with Gasteiger partial charge in [-0.25, -0.2) is 17.9 Å². The summed E-state index contributed by atoms with van der Waals surface area (Å²) in [6.07, 6.45) is 0. The highest BCUT2D eigenvalue weighted by molar-refractivity contribution is 5.93. The fourth-order valence-corrected chi connectivity index (χ4v) is 1.56. The molecule has 0 aliphatic rings. The van der Waals surface area contributed by atoms with Crippen LogP contribution in [0.3, 0.4) is 0 Å². The highest BCUT2D eigenvalue weighted by atomic mass is 19.2. The lowest BCUT2D eigenvalue weighted by Crippen LogP contribution is -2.06. The van der Waals surface area contributed by atoms with Crippen LogP contribution in [0.25, 0.3) is 5.69 Å². The number of halogens is 3. The van der Waals surface area contributed by atoms with Crippen LogP contribution < -0.4 is 0 Å². The normalized spacial score (nSPS) is 10.7. The van der Waals surface area contributed by atoms with Gasteiger partial charge in [0.15, 0.2) is 28.9 Å². The topological polar surface area (TPSA) is 47.8 Å². The summed E-state index contributed by atoms with van der Waals surface area (Å²) in [5.74, 6) is -4.60. The zero-order chi connectivity index (χ0) is 13.4. The number of aromatic nitrogens is 3. The van der Waals surface area contributed by atoms with Crippen molar-refractivity contribution in [3.05, 3.63) is 41.0 Å². The molecule has 18 heavy (non-hydrogen) atoms. The van der Waals surface area contributed by atoms with Crippen molar-refractivity contribution in [2.24, 2.45) is 0 Å². The number of rotatable bonds is 2. The second kappa shape index (κ2) is 4.25. The Morgan fingerprint density at radius 1 is 1.22 bits per heavy atom. The maximum Gasteiger partial charge on any atom is 0.196 e. The van der Waals surface area contributed by atoms with Crippen LogP contribution in [0, 0.1) is 24.4 Å². The third-order valence-corrected chi connectivity index (χ3v) is 2.47. The molecule has 0 N–H and O–H groups in total.